The molecule has 1 aromatic heterocycles. The van der Waals surface area contributed by atoms with Gasteiger partial charge in [0.15, 0.2) is 0 Å². The number of carboxylic acid groups (broad SMARTS) is 1. The van der Waals surface area contributed by atoms with Crippen molar-refractivity contribution in [3.63, 3.8) is 0 Å². The SMILES string of the molecule is CCC(CC)(CNC(=O)c1ccc(-n2cc(C)cn2)cc1)C(=O)O. The predicted molar refractivity (Wildman–Crippen MR) is 91.3 cm³/mol. The normalized spacial score (nSPS) is 11.3. The topological polar surface area (TPSA) is 84.2 Å². The lowest BCUT2D eigenvalue weighted by Gasteiger charge is -2.26. The number of aryl methyl sites for hydroxylation is 1. The van der Waals surface area contributed by atoms with E-state index >= 15 is 0 Å². The van der Waals surface area contributed by atoms with Crippen LogP contribution in [0, 0.1) is 12.3 Å². The molecule has 24 heavy (non-hydrogen) atoms. The summed E-state index contributed by atoms with van der Waals surface area (Å²) in [7, 11) is 0. The molecule has 128 valence electrons. The molecule has 0 saturated heterocycles. The van der Waals surface area contributed by atoms with Crippen LogP contribution in [0.25, 0.3) is 5.69 Å². The van der Waals surface area contributed by atoms with Crippen molar-refractivity contribution in [2.45, 2.75) is 33.6 Å². The van der Waals surface area contributed by atoms with Crippen LogP contribution in [0.3, 0.4) is 0 Å². The van der Waals surface area contributed by atoms with Crippen LogP contribution in [-0.4, -0.2) is 33.3 Å². The zero-order valence-corrected chi connectivity index (χ0v) is 14.2. The van der Waals surface area contributed by atoms with E-state index in [1.54, 1.807) is 23.0 Å². The minimum atomic E-state index is -0.914. The second-order valence-electron chi connectivity index (χ2n) is 5.98. The Morgan fingerprint density at radius 3 is 2.29 bits per heavy atom. The van der Waals surface area contributed by atoms with Gasteiger partial charge in [0.1, 0.15) is 0 Å². The van der Waals surface area contributed by atoms with Gasteiger partial charge in [-0.1, -0.05) is 13.8 Å². The number of nitrogens with zero attached hydrogens (tertiary/aromatic N) is 2. The summed E-state index contributed by atoms with van der Waals surface area (Å²) in [5, 5.41) is 16.4. The van der Waals surface area contributed by atoms with Gasteiger partial charge in [0, 0.05) is 18.3 Å². The van der Waals surface area contributed by atoms with Gasteiger partial charge in [-0.05, 0) is 49.6 Å². The molecule has 2 N–H and O–H groups in total. The van der Waals surface area contributed by atoms with E-state index in [0.29, 0.717) is 18.4 Å². The van der Waals surface area contributed by atoms with Crippen LogP contribution in [-0.2, 0) is 4.79 Å². The maximum Gasteiger partial charge on any atom is 0.311 e. The first-order valence-corrected chi connectivity index (χ1v) is 8.05. The molecule has 0 spiro atoms. The van der Waals surface area contributed by atoms with Crippen molar-refractivity contribution >= 4 is 11.9 Å². The van der Waals surface area contributed by atoms with Crippen molar-refractivity contribution in [2.75, 3.05) is 6.54 Å². The van der Waals surface area contributed by atoms with Gasteiger partial charge < -0.3 is 10.4 Å². The molecule has 2 aromatic rings. The molecule has 0 fully saturated rings. The Balaban J connectivity index is 2.06. The van der Waals surface area contributed by atoms with Crippen LogP contribution in [0.5, 0.6) is 0 Å². The molecule has 2 rings (SSSR count). The van der Waals surface area contributed by atoms with Crippen LogP contribution in [0.4, 0.5) is 0 Å². The smallest absolute Gasteiger partial charge is 0.311 e. The van der Waals surface area contributed by atoms with E-state index in [1.165, 1.54) is 0 Å². The summed E-state index contributed by atoms with van der Waals surface area (Å²) in [6.07, 6.45) is 4.60. The predicted octanol–water partition coefficient (Wildman–Crippen LogP) is 2.80. The second kappa shape index (κ2) is 7.29. The lowest BCUT2D eigenvalue weighted by molar-refractivity contribution is -0.149. The molecule has 0 aliphatic heterocycles. The third-order valence-corrected chi connectivity index (χ3v) is 4.50. The number of rotatable bonds is 7. The maximum atomic E-state index is 12.3. The number of aromatic nitrogens is 2. The Morgan fingerprint density at radius 1 is 1.21 bits per heavy atom. The largest absolute Gasteiger partial charge is 0.481 e. The Hall–Kier alpha value is -2.63. The average Bonchev–Trinajstić information content (AvgIpc) is 3.02. The number of carbonyl (C=O) groups is 2. The first-order chi connectivity index (χ1) is 11.4. The highest BCUT2D eigenvalue weighted by molar-refractivity contribution is 5.94. The van der Waals surface area contributed by atoms with Crippen molar-refractivity contribution in [3.8, 4) is 5.69 Å². The highest BCUT2D eigenvalue weighted by atomic mass is 16.4. The van der Waals surface area contributed by atoms with Crippen LogP contribution >= 0.6 is 0 Å². The van der Waals surface area contributed by atoms with Crippen LogP contribution in [0.2, 0.25) is 0 Å². The lowest BCUT2D eigenvalue weighted by Crippen LogP contribution is -2.42. The number of amides is 1. The molecule has 1 aromatic carbocycles. The third-order valence-electron chi connectivity index (χ3n) is 4.50. The quantitative estimate of drug-likeness (QED) is 0.818. The number of hydrogen-bond acceptors (Lipinski definition) is 3. The number of hydrogen-bond donors (Lipinski definition) is 2. The highest BCUT2D eigenvalue weighted by Gasteiger charge is 2.35. The first-order valence-electron chi connectivity index (χ1n) is 8.05. The zero-order valence-electron chi connectivity index (χ0n) is 14.2. The summed E-state index contributed by atoms with van der Waals surface area (Å²) in [6.45, 7) is 5.73. The summed E-state index contributed by atoms with van der Waals surface area (Å²) in [6, 6.07) is 7.04. The molecular formula is C18H23N3O3. The Kier molecular flexibility index (Phi) is 5.39. The van der Waals surface area contributed by atoms with E-state index in [2.05, 4.69) is 10.4 Å². The molecule has 0 aliphatic carbocycles. The fourth-order valence-corrected chi connectivity index (χ4v) is 2.55. The number of benzene rings is 1. The molecule has 1 heterocycles. The number of aliphatic carboxylic acids is 1. The summed E-state index contributed by atoms with van der Waals surface area (Å²) >= 11 is 0. The zero-order chi connectivity index (χ0) is 17.7. The van der Waals surface area contributed by atoms with Crippen molar-refractivity contribution < 1.29 is 14.7 Å². The average molecular weight is 329 g/mol. The Labute approximate surface area is 141 Å². The van der Waals surface area contributed by atoms with Crippen LogP contribution in [0.1, 0.15) is 42.6 Å². The highest BCUT2D eigenvalue weighted by Crippen LogP contribution is 2.25. The monoisotopic (exact) mass is 329 g/mol. The minimum absolute atomic E-state index is 0.119. The Morgan fingerprint density at radius 2 is 1.83 bits per heavy atom. The van der Waals surface area contributed by atoms with Gasteiger partial charge >= 0.3 is 5.97 Å². The van der Waals surface area contributed by atoms with Gasteiger partial charge in [-0.3, -0.25) is 9.59 Å². The van der Waals surface area contributed by atoms with Gasteiger partial charge in [0.05, 0.1) is 17.3 Å². The molecule has 0 saturated carbocycles. The van der Waals surface area contributed by atoms with Gasteiger partial charge in [-0.15, -0.1) is 0 Å². The van der Waals surface area contributed by atoms with E-state index < -0.39 is 11.4 Å². The molecule has 6 heteroatoms. The standard InChI is InChI=1S/C18H23N3O3/c1-4-18(5-2,17(23)24)12-19-16(22)14-6-8-15(9-7-14)21-11-13(3)10-20-21/h6-11H,4-5,12H2,1-3H3,(H,19,22)(H,23,24). The molecule has 0 atom stereocenters. The first kappa shape index (κ1) is 17.7. The van der Waals surface area contributed by atoms with E-state index in [0.717, 1.165) is 11.3 Å². The van der Waals surface area contributed by atoms with Gasteiger partial charge in [0.2, 0.25) is 0 Å². The van der Waals surface area contributed by atoms with Crippen molar-refractivity contribution in [3.05, 3.63) is 47.8 Å². The molecular weight excluding hydrogens is 306 g/mol. The second-order valence-corrected chi connectivity index (χ2v) is 5.98. The third kappa shape index (κ3) is 3.64. The lowest BCUT2D eigenvalue weighted by atomic mass is 9.82. The van der Waals surface area contributed by atoms with E-state index in [-0.39, 0.29) is 12.5 Å². The molecule has 1 amide bonds. The Bertz CT molecular complexity index is 715. The minimum Gasteiger partial charge on any atom is -0.481 e. The van der Waals surface area contributed by atoms with Crippen LogP contribution in [0.15, 0.2) is 36.7 Å². The fraction of sp³-hybridized carbons (Fsp3) is 0.389. The molecule has 6 nitrogen and oxygen atoms in total. The summed E-state index contributed by atoms with van der Waals surface area (Å²) < 4.78 is 1.74. The molecule has 0 radical (unpaired) electrons. The van der Waals surface area contributed by atoms with Crippen LogP contribution < -0.4 is 5.32 Å². The van der Waals surface area contributed by atoms with Gasteiger partial charge in [-0.25, -0.2) is 4.68 Å². The van der Waals surface area contributed by atoms with E-state index in [1.807, 2.05) is 39.1 Å². The van der Waals surface area contributed by atoms with Crippen molar-refractivity contribution in [2.24, 2.45) is 5.41 Å². The van der Waals surface area contributed by atoms with Crippen molar-refractivity contribution in [1.29, 1.82) is 0 Å². The van der Waals surface area contributed by atoms with E-state index in [4.69, 9.17) is 0 Å². The van der Waals surface area contributed by atoms with E-state index in [9.17, 15) is 14.7 Å². The fourth-order valence-electron chi connectivity index (χ4n) is 2.55. The molecule has 0 unspecified atom stereocenters. The maximum absolute atomic E-state index is 12.3. The molecule has 0 aliphatic rings. The molecule has 0 bridgehead atoms. The van der Waals surface area contributed by atoms with Gasteiger partial charge in [-0.2, -0.15) is 5.10 Å². The summed E-state index contributed by atoms with van der Waals surface area (Å²) in [4.78, 5) is 23.7. The van der Waals surface area contributed by atoms with Crippen molar-refractivity contribution in [1.82, 2.24) is 15.1 Å². The van der Waals surface area contributed by atoms with Gasteiger partial charge in [0.25, 0.3) is 5.91 Å². The summed E-state index contributed by atoms with van der Waals surface area (Å²) in [5.41, 5.74) is 1.50. The number of carboxylic acids is 1. The summed E-state index contributed by atoms with van der Waals surface area (Å²) in [5.74, 6) is -1.15. The number of carbonyl (C=O) groups excluding carboxylic acids is 1. The number of nitrogens with one attached hydrogen (secondary N) is 1.